The number of carbonyl (C=O) groups excluding carboxylic acids is 1. The fourth-order valence-electron chi connectivity index (χ4n) is 3.54. The number of hydrogen-bond acceptors (Lipinski definition) is 3. The van der Waals surface area contributed by atoms with E-state index in [2.05, 4.69) is 21.6 Å². The molecule has 4 aromatic rings. The van der Waals surface area contributed by atoms with Gasteiger partial charge < -0.3 is 10.4 Å². The predicted molar refractivity (Wildman–Crippen MR) is 115 cm³/mol. The van der Waals surface area contributed by atoms with Crippen LogP contribution in [0.15, 0.2) is 72.9 Å². The second-order valence-electron chi connectivity index (χ2n) is 7.21. The second-order valence-corrected chi connectivity index (χ2v) is 7.21. The van der Waals surface area contributed by atoms with Crippen molar-refractivity contribution in [2.75, 3.05) is 6.61 Å². The molecule has 0 saturated heterocycles. The maximum atomic E-state index is 12.9. The van der Waals surface area contributed by atoms with E-state index in [1.807, 2.05) is 67.6 Å². The van der Waals surface area contributed by atoms with Crippen LogP contribution in [0.4, 0.5) is 0 Å². The Morgan fingerprint density at radius 2 is 1.90 bits per heavy atom. The van der Waals surface area contributed by atoms with Crippen molar-refractivity contribution < 1.29 is 9.90 Å². The minimum atomic E-state index is -0.238. The molecule has 0 bridgehead atoms. The number of aromatic amines is 1. The van der Waals surface area contributed by atoms with Gasteiger partial charge in [-0.25, -0.2) is 0 Å². The number of aromatic nitrogens is 2. The lowest BCUT2D eigenvalue weighted by atomic mass is 9.99. The van der Waals surface area contributed by atoms with Gasteiger partial charge in [-0.3, -0.25) is 9.89 Å². The van der Waals surface area contributed by atoms with Crippen molar-refractivity contribution in [3.63, 3.8) is 0 Å². The lowest BCUT2D eigenvalue weighted by Gasteiger charge is -2.19. The van der Waals surface area contributed by atoms with E-state index in [-0.39, 0.29) is 18.6 Å². The van der Waals surface area contributed by atoms with Crippen molar-refractivity contribution in [3.05, 3.63) is 89.6 Å². The van der Waals surface area contributed by atoms with E-state index in [0.717, 1.165) is 33.2 Å². The first-order chi connectivity index (χ1) is 14.1. The molecule has 4 rings (SSSR count). The van der Waals surface area contributed by atoms with Crippen molar-refractivity contribution in [1.29, 1.82) is 0 Å². The van der Waals surface area contributed by atoms with Crippen molar-refractivity contribution in [2.24, 2.45) is 0 Å². The summed E-state index contributed by atoms with van der Waals surface area (Å²) in [6, 6.07) is 21.4. The summed E-state index contributed by atoms with van der Waals surface area (Å²) in [6.07, 6.45) is 2.25. The molecule has 5 nitrogen and oxygen atoms in total. The number of hydrogen-bond donors (Lipinski definition) is 3. The fraction of sp³-hybridized carbons (Fsp3) is 0.167. The number of fused-ring (bicyclic) bond motifs is 1. The summed E-state index contributed by atoms with van der Waals surface area (Å²) in [5, 5.41) is 20.6. The largest absolute Gasteiger partial charge is 0.396 e. The van der Waals surface area contributed by atoms with Crippen LogP contribution in [0.2, 0.25) is 0 Å². The first-order valence-corrected chi connectivity index (χ1v) is 9.66. The molecule has 1 aromatic heterocycles. The molecule has 1 amide bonds. The zero-order chi connectivity index (χ0) is 20.2. The van der Waals surface area contributed by atoms with Crippen LogP contribution in [0, 0.1) is 6.92 Å². The van der Waals surface area contributed by atoms with Crippen LogP contribution in [0.25, 0.3) is 22.0 Å². The molecule has 3 aromatic carbocycles. The summed E-state index contributed by atoms with van der Waals surface area (Å²) in [6.45, 7) is 2.02. The Kier molecular flexibility index (Phi) is 5.40. The van der Waals surface area contributed by atoms with Crippen LogP contribution in [0.3, 0.4) is 0 Å². The van der Waals surface area contributed by atoms with Gasteiger partial charge in [0.05, 0.1) is 17.8 Å². The topological polar surface area (TPSA) is 78.0 Å². The Labute approximate surface area is 169 Å². The van der Waals surface area contributed by atoms with Crippen molar-refractivity contribution in [2.45, 2.75) is 19.4 Å². The number of carbonyl (C=O) groups is 1. The molecule has 0 spiro atoms. The van der Waals surface area contributed by atoms with Crippen molar-refractivity contribution in [1.82, 2.24) is 15.5 Å². The van der Waals surface area contributed by atoms with Gasteiger partial charge in [0.1, 0.15) is 0 Å². The lowest BCUT2D eigenvalue weighted by Crippen LogP contribution is -2.29. The van der Waals surface area contributed by atoms with Crippen LogP contribution in [0.5, 0.6) is 0 Å². The summed E-state index contributed by atoms with van der Waals surface area (Å²) in [5.74, 6) is -0.156. The molecule has 29 heavy (non-hydrogen) atoms. The summed E-state index contributed by atoms with van der Waals surface area (Å²) in [5.41, 5.74) is 5.68. The zero-order valence-corrected chi connectivity index (χ0v) is 16.2. The van der Waals surface area contributed by atoms with Gasteiger partial charge in [0.2, 0.25) is 0 Å². The molecule has 5 heteroatoms. The Morgan fingerprint density at radius 3 is 2.72 bits per heavy atom. The zero-order valence-electron chi connectivity index (χ0n) is 16.2. The highest BCUT2D eigenvalue weighted by atomic mass is 16.3. The van der Waals surface area contributed by atoms with Gasteiger partial charge in [-0.1, -0.05) is 48.0 Å². The normalized spacial score (nSPS) is 12.1. The first-order valence-electron chi connectivity index (χ1n) is 9.66. The van der Waals surface area contributed by atoms with Crippen molar-refractivity contribution >= 4 is 16.8 Å². The van der Waals surface area contributed by atoms with Crippen LogP contribution < -0.4 is 5.32 Å². The molecule has 1 heterocycles. The third-order valence-corrected chi connectivity index (χ3v) is 5.07. The summed E-state index contributed by atoms with van der Waals surface area (Å²) in [4.78, 5) is 12.9. The van der Waals surface area contributed by atoms with E-state index in [1.165, 1.54) is 0 Å². The van der Waals surface area contributed by atoms with Crippen molar-refractivity contribution in [3.8, 4) is 11.1 Å². The van der Waals surface area contributed by atoms with E-state index in [4.69, 9.17) is 0 Å². The molecule has 146 valence electrons. The number of aliphatic hydroxyl groups excluding tert-OH is 1. The standard InChI is InChI=1S/C24H23N3O2/c1-16-4-2-6-19(12-16)22(10-11-28)26-24(29)20-7-3-5-17(13-20)18-8-9-23-21(14-18)15-25-27-23/h2-9,12-15,22,28H,10-11H2,1H3,(H,25,27)(H,26,29). The maximum Gasteiger partial charge on any atom is 0.251 e. The van der Waals surface area contributed by atoms with Crippen LogP contribution in [0.1, 0.15) is 33.9 Å². The van der Waals surface area contributed by atoms with Crippen LogP contribution >= 0.6 is 0 Å². The van der Waals surface area contributed by atoms with Gasteiger partial charge in [-0.2, -0.15) is 5.10 Å². The number of nitrogens with one attached hydrogen (secondary N) is 2. The summed E-state index contributed by atoms with van der Waals surface area (Å²) in [7, 11) is 0. The van der Waals surface area contributed by atoms with Crippen LogP contribution in [-0.2, 0) is 0 Å². The summed E-state index contributed by atoms with van der Waals surface area (Å²) >= 11 is 0. The van der Waals surface area contributed by atoms with E-state index >= 15 is 0 Å². The average molecular weight is 385 g/mol. The van der Waals surface area contributed by atoms with Gasteiger partial charge in [0.15, 0.2) is 0 Å². The van der Waals surface area contributed by atoms with Gasteiger partial charge in [-0.15, -0.1) is 0 Å². The molecule has 0 radical (unpaired) electrons. The number of benzene rings is 3. The molecule has 0 aliphatic heterocycles. The number of H-pyrrole nitrogens is 1. The van der Waals surface area contributed by atoms with Gasteiger partial charge in [-0.05, 0) is 54.3 Å². The maximum absolute atomic E-state index is 12.9. The number of aliphatic hydroxyl groups is 1. The first kappa shape index (κ1) is 18.9. The Hall–Kier alpha value is -3.44. The second kappa shape index (κ2) is 8.29. The van der Waals surface area contributed by atoms with E-state index in [1.54, 1.807) is 6.20 Å². The van der Waals surface area contributed by atoms with E-state index in [0.29, 0.717) is 12.0 Å². The van der Waals surface area contributed by atoms with Gasteiger partial charge >= 0.3 is 0 Å². The Bertz CT molecular complexity index is 1150. The molecular formula is C24H23N3O2. The molecule has 1 atom stereocenters. The van der Waals surface area contributed by atoms with Gasteiger partial charge in [0, 0.05) is 17.6 Å². The number of aryl methyl sites for hydroxylation is 1. The number of nitrogens with zero attached hydrogens (tertiary/aromatic N) is 1. The SMILES string of the molecule is Cc1cccc(C(CCO)NC(=O)c2cccc(-c3ccc4[nH]ncc4c3)c2)c1. The highest BCUT2D eigenvalue weighted by Crippen LogP contribution is 2.25. The highest BCUT2D eigenvalue weighted by Gasteiger charge is 2.16. The highest BCUT2D eigenvalue weighted by molar-refractivity contribution is 5.96. The minimum absolute atomic E-state index is 0.00361. The molecule has 0 aliphatic rings. The molecule has 1 unspecified atom stereocenters. The number of amides is 1. The summed E-state index contributed by atoms with van der Waals surface area (Å²) < 4.78 is 0. The lowest BCUT2D eigenvalue weighted by molar-refractivity contribution is 0.0930. The molecule has 0 fully saturated rings. The van der Waals surface area contributed by atoms with E-state index in [9.17, 15) is 9.90 Å². The smallest absolute Gasteiger partial charge is 0.251 e. The molecule has 3 N–H and O–H groups in total. The molecule has 0 saturated carbocycles. The van der Waals surface area contributed by atoms with Crippen LogP contribution in [-0.4, -0.2) is 27.8 Å². The third kappa shape index (κ3) is 4.20. The third-order valence-electron chi connectivity index (χ3n) is 5.07. The molecular weight excluding hydrogens is 362 g/mol. The minimum Gasteiger partial charge on any atom is -0.396 e. The van der Waals surface area contributed by atoms with E-state index < -0.39 is 0 Å². The number of rotatable bonds is 6. The van der Waals surface area contributed by atoms with Gasteiger partial charge in [0.25, 0.3) is 5.91 Å². The predicted octanol–water partition coefficient (Wildman–Crippen LogP) is 4.39. The quantitative estimate of drug-likeness (QED) is 0.461. The Balaban J connectivity index is 1.58. The Morgan fingerprint density at radius 1 is 1.07 bits per heavy atom. The molecule has 0 aliphatic carbocycles. The average Bonchev–Trinajstić information content (AvgIpc) is 3.21. The fourth-order valence-corrected chi connectivity index (χ4v) is 3.54. The monoisotopic (exact) mass is 385 g/mol.